The van der Waals surface area contributed by atoms with E-state index in [1.165, 1.54) is 0 Å². The van der Waals surface area contributed by atoms with Gasteiger partial charge in [0.05, 0.1) is 12.1 Å². The van der Waals surface area contributed by atoms with E-state index < -0.39 is 5.60 Å². The molecule has 0 amide bonds. The van der Waals surface area contributed by atoms with Crippen LogP contribution in [0.15, 0.2) is 30.5 Å². The van der Waals surface area contributed by atoms with Crippen LogP contribution in [-0.4, -0.2) is 33.9 Å². The van der Waals surface area contributed by atoms with Crippen LogP contribution in [0.4, 0.5) is 11.4 Å². The second-order valence-electron chi connectivity index (χ2n) is 4.64. The molecule has 0 radical (unpaired) electrons. The van der Waals surface area contributed by atoms with Crippen LogP contribution in [0.1, 0.15) is 6.92 Å². The first-order valence-electron chi connectivity index (χ1n) is 5.73. The number of hydrogen-bond acceptors (Lipinski definition) is 5. The highest BCUT2D eigenvalue weighted by molar-refractivity contribution is 5.92. The molecule has 0 fully saturated rings. The van der Waals surface area contributed by atoms with Crippen molar-refractivity contribution in [2.45, 2.75) is 12.5 Å². The molecule has 1 heterocycles. The van der Waals surface area contributed by atoms with Crippen LogP contribution in [0.2, 0.25) is 0 Å². The zero-order chi connectivity index (χ0) is 13.2. The normalized spacial score (nSPS) is 14.4. The van der Waals surface area contributed by atoms with Crippen molar-refractivity contribution in [3.8, 4) is 0 Å². The Balaban J connectivity index is 2.29. The van der Waals surface area contributed by atoms with E-state index in [1.54, 1.807) is 25.3 Å². The monoisotopic (exact) mass is 247 g/mol. The van der Waals surface area contributed by atoms with Crippen molar-refractivity contribution in [1.82, 2.24) is 4.98 Å². The fourth-order valence-electron chi connectivity index (χ4n) is 1.66. The number of hydrogen-bond donors (Lipinski definition) is 4. The minimum atomic E-state index is -1.15. The SMILES string of the molecule is CC(O)(CO)CNc1ccnc2cc(N)ccc12. The van der Waals surface area contributed by atoms with Crippen molar-refractivity contribution in [1.29, 1.82) is 0 Å². The molecule has 0 aliphatic rings. The zero-order valence-corrected chi connectivity index (χ0v) is 10.2. The molecule has 96 valence electrons. The highest BCUT2D eigenvalue weighted by Crippen LogP contribution is 2.23. The summed E-state index contributed by atoms with van der Waals surface area (Å²) in [5, 5.41) is 22.8. The predicted octanol–water partition coefficient (Wildman–Crippen LogP) is 0.972. The van der Waals surface area contributed by atoms with Gasteiger partial charge in [0.2, 0.25) is 0 Å². The summed E-state index contributed by atoms with van der Waals surface area (Å²) in [7, 11) is 0. The van der Waals surface area contributed by atoms with E-state index in [0.29, 0.717) is 5.69 Å². The van der Waals surface area contributed by atoms with E-state index in [9.17, 15) is 5.11 Å². The van der Waals surface area contributed by atoms with E-state index >= 15 is 0 Å². The maximum atomic E-state index is 9.75. The number of nitrogens with one attached hydrogen (secondary N) is 1. The van der Waals surface area contributed by atoms with Gasteiger partial charge in [-0.15, -0.1) is 0 Å². The summed E-state index contributed by atoms with van der Waals surface area (Å²) in [5.41, 5.74) is 6.87. The van der Waals surface area contributed by atoms with Gasteiger partial charge in [-0.3, -0.25) is 4.98 Å². The molecule has 5 N–H and O–H groups in total. The van der Waals surface area contributed by atoms with E-state index in [0.717, 1.165) is 16.6 Å². The fraction of sp³-hybridized carbons (Fsp3) is 0.308. The second-order valence-corrected chi connectivity index (χ2v) is 4.64. The Labute approximate surface area is 105 Å². The summed E-state index contributed by atoms with van der Waals surface area (Å²) in [6, 6.07) is 7.31. The lowest BCUT2D eigenvalue weighted by Gasteiger charge is -2.21. The first kappa shape index (κ1) is 12.6. The Kier molecular flexibility index (Phi) is 3.36. The topological polar surface area (TPSA) is 91.4 Å². The standard InChI is InChI=1S/C13H17N3O2/c1-13(18,8-17)7-16-11-4-5-15-12-6-9(14)2-3-10(11)12/h2-6,17-18H,7-8,14H2,1H3,(H,15,16). The predicted molar refractivity (Wildman–Crippen MR) is 72.4 cm³/mol. The summed E-state index contributed by atoms with van der Waals surface area (Å²) >= 11 is 0. The quantitative estimate of drug-likeness (QED) is 0.604. The third kappa shape index (κ3) is 2.69. The summed E-state index contributed by atoms with van der Waals surface area (Å²) < 4.78 is 0. The number of anilines is 2. The van der Waals surface area contributed by atoms with Crippen molar-refractivity contribution in [3.05, 3.63) is 30.5 Å². The van der Waals surface area contributed by atoms with Crippen LogP contribution in [0.3, 0.4) is 0 Å². The largest absolute Gasteiger partial charge is 0.399 e. The van der Waals surface area contributed by atoms with Crippen LogP contribution in [-0.2, 0) is 0 Å². The molecule has 2 aromatic rings. The number of aliphatic hydroxyl groups is 2. The van der Waals surface area contributed by atoms with Crippen LogP contribution in [0.5, 0.6) is 0 Å². The molecule has 2 rings (SSSR count). The highest BCUT2D eigenvalue weighted by atomic mass is 16.3. The third-order valence-corrected chi connectivity index (χ3v) is 2.77. The summed E-state index contributed by atoms with van der Waals surface area (Å²) in [6.07, 6.45) is 1.68. The lowest BCUT2D eigenvalue weighted by molar-refractivity contribution is 0.0132. The number of nitrogens with two attached hydrogens (primary N) is 1. The Bertz CT molecular complexity index is 555. The number of aromatic nitrogens is 1. The molecule has 5 heteroatoms. The molecule has 18 heavy (non-hydrogen) atoms. The molecular weight excluding hydrogens is 230 g/mol. The molecular formula is C13H17N3O2. The van der Waals surface area contributed by atoms with Crippen molar-refractivity contribution in [2.75, 3.05) is 24.2 Å². The molecule has 5 nitrogen and oxygen atoms in total. The summed E-state index contributed by atoms with van der Waals surface area (Å²) in [4.78, 5) is 4.24. The summed E-state index contributed by atoms with van der Waals surface area (Å²) in [6.45, 7) is 1.53. The second kappa shape index (κ2) is 4.80. The van der Waals surface area contributed by atoms with Crippen LogP contribution >= 0.6 is 0 Å². The smallest absolute Gasteiger partial charge is 0.102 e. The van der Waals surface area contributed by atoms with Gasteiger partial charge < -0.3 is 21.3 Å². The van der Waals surface area contributed by atoms with Gasteiger partial charge in [-0.25, -0.2) is 0 Å². The van der Waals surface area contributed by atoms with E-state index in [2.05, 4.69) is 10.3 Å². The minimum absolute atomic E-state index is 0.257. The summed E-state index contributed by atoms with van der Waals surface area (Å²) in [5.74, 6) is 0. The van der Waals surface area contributed by atoms with Gasteiger partial charge in [-0.05, 0) is 31.2 Å². The third-order valence-electron chi connectivity index (χ3n) is 2.77. The van der Waals surface area contributed by atoms with Crippen LogP contribution < -0.4 is 11.1 Å². The number of nitrogen functional groups attached to an aromatic ring is 1. The average molecular weight is 247 g/mol. The highest BCUT2D eigenvalue weighted by Gasteiger charge is 2.18. The number of benzene rings is 1. The lowest BCUT2D eigenvalue weighted by Crippen LogP contribution is -2.37. The van der Waals surface area contributed by atoms with Crippen molar-refractivity contribution < 1.29 is 10.2 Å². The van der Waals surface area contributed by atoms with Gasteiger partial charge in [0.25, 0.3) is 0 Å². The molecule has 0 saturated carbocycles. The van der Waals surface area contributed by atoms with E-state index in [-0.39, 0.29) is 13.2 Å². The number of fused-ring (bicyclic) bond motifs is 1. The lowest BCUT2D eigenvalue weighted by atomic mass is 10.1. The van der Waals surface area contributed by atoms with Crippen molar-refractivity contribution in [3.63, 3.8) is 0 Å². The first-order chi connectivity index (χ1) is 8.52. The number of rotatable bonds is 4. The van der Waals surface area contributed by atoms with Gasteiger partial charge in [-0.1, -0.05) is 0 Å². The molecule has 1 unspecified atom stereocenters. The van der Waals surface area contributed by atoms with Crippen molar-refractivity contribution in [2.24, 2.45) is 0 Å². The van der Waals surface area contributed by atoms with Gasteiger partial charge in [0, 0.05) is 29.5 Å². The van der Waals surface area contributed by atoms with E-state index in [4.69, 9.17) is 10.8 Å². The van der Waals surface area contributed by atoms with Gasteiger partial charge in [0.1, 0.15) is 5.60 Å². The fourth-order valence-corrected chi connectivity index (χ4v) is 1.66. The Hall–Kier alpha value is -1.85. The molecule has 1 atom stereocenters. The van der Waals surface area contributed by atoms with Crippen LogP contribution in [0, 0.1) is 0 Å². The Morgan fingerprint density at radius 1 is 1.39 bits per heavy atom. The van der Waals surface area contributed by atoms with Gasteiger partial charge >= 0.3 is 0 Å². The zero-order valence-electron chi connectivity index (χ0n) is 10.2. The number of pyridine rings is 1. The Morgan fingerprint density at radius 2 is 2.17 bits per heavy atom. The first-order valence-corrected chi connectivity index (χ1v) is 5.73. The minimum Gasteiger partial charge on any atom is -0.399 e. The van der Waals surface area contributed by atoms with Gasteiger partial charge in [0.15, 0.2) is 0 Å². The molecule has 0 saturated heterocycles. The Morgan fingerprint density at radius 3 is 2.89 bits per heavy atom. The molecule has 0 aliphatic heterocycles. The average Bonchev–Trinajstić information content (AvgIpc) is 2.36. The maximum absolute atomic E-state index is 9.75. The van der Waals surface area contributed by atoms with Crippen LogP contribution in [0.25, 0.3) is 10.9 Å². The maximum Gasteiger partial charge on any atom is 0.102 e. The molecule has 0 aliphatic carbocycles. The van der Waals surface area contributed by atoms with Gasteiger partial charge in [-0.2, -0.15) is 0 Å². The molecule has 1 aromatic heterocycles. The number of nitrogens with zero attached hydrogens (tertiary/aromatic N) is 1. The molecule has 0 spiro atoms. The number of aliphatic hydroxyl groups excluding tert-OH is 1. The molecule has 0 bridgehead atoms. The molecule has 1 aromatic carbocycles. The van der Waals surface area contributed by atoms with E-state index in [1.807, 2.05) is 12.1 Å². The van der Waals surface area contributed by atoms with Crippen molar-refractivity contribution >= 4 is 22.3 Å².